The van der Waals surface area contributed by atoms with Crippen molar-refractivity contribution in [1.82, 2.24) is 14.9 Å². The molecule has 2 aromatic rings. The molecule has 154 valence electrons. The van der Waals surface area contributed by atoms with Gasteiger partial charge in [0.05, 0.1) is 0 Å². The van der Waals surface area contributed by atoms with Gasteiger partial charge in [-0.15, -0.1) is 0 Å². The second kappa shape index (κ2) is 9.36. The van der Waals surface area contributed by atoms with E-state index in [9.17, 15) is 9.59 Å². The lowest BCUT2D eigenvalue weighted by Gasteiger charge is -2.33. The van der Waals surface area contributed by atoms with Crippen LogP contribution in [0.25, 0.3) is 0 Å². The number of hydrogen-bond acceptors (Lipinski definition) is 6. The molecule has 1 aliphatic heterocycles. The number of hydrogen-bond donors (Lipinski definition) is 1. The Kier molecular flexibility index (Phi) is 6.64. The zero-order chi connectivity index (χ0) is 20.8. The largest absolute Gasteiger partial charge is 0.372 e. The van der Waals surface area contributed by atoms with Crippen molar-refractivity contribution < 1.29 is 9.59 Å². The molecule has 0 bridgehead atoms. The number of amides is 2. The smallest absolute Gasteiger partial charge is 0.274 e. The van der Waals surface area contributed by atoms with E-state index in [2.05, 4.69) is 45.0 Å². The summed E-state index contributed by atoms with van der Waals surface area (Å²) in [6.45, 7) is 10.8. The van der Waals surface area contributed by atoms with Gasteiger partial charge in [0, 0.05) is 56.7 Å². The van der Waals surface area contributed by atoms with E-state index in [4.69, 9.17) is 0 Å². The van der Waals surface area contributed by atoms with Crippen LogP contribution in [0.3, 0.4) is 0 Å². The van der Waals surface area contributed by atoms with Gasteiger partial charge in [-0.05, 0) is 44.5 Å². The van der Waals surface area contributed by atoms with Crippen LogP contribution in [0.2, 0.25) is 0 Å². The summed E-state index contributed by atoms with van der Waals surface area (Å²) in [6.07, 6.45) is 2.27. The SMILES string of the molecule is CCN(CC)c1ccc(NC(=O)c2cc(N3CCN(C=O)CC3)ncn2)c(C)c1. The summed E-state index contributed by atoms with van der Waals surface area (Å²) in [6, 6.07) is 7.74. The van der Waals surface area contributed by atoms with Gasteiger partial charge < -0.3 is 20.0 Å². The number of piperazine rings is 1. The molecule has 2 heterocycles. The van der Waals surface area contributed by atoms with Gasteiger partial charge in [-0.1, -0.05) is 0 Å². The van der Waals surface area contributed by atoms with E-state index in [1.54, 1.807) is 11.0 Å². The summed E-state index contributed by atoms with van der Waals surface area (Å²) < 4.78 is 0. The fourth-order valence-electron chi connectivity index (χ4n) is 3.46. The number of carbonyl (C=O) groups excluding carboxylic acids is 2. The van der Waals surface area contributed by atoms with Gasteiger partial charge in [-0.25, -0.2) is 9.97 Å². The van der Waals surface area contributed by atoms with Crippen molar-refractivity contribution in [3.05, 3.63) is 41.9 Å². The summed E-state index contributed by atoms with van der Waals surface area (Å²) in [4.78, 5) is 38.1. The van der Waals surface area contributed by atoms with Crippen LogP contribution in [0.4, 0.5) is 17.2 Å². The van der Waals surface area contributed by atoms with Gasteiger partial charge in [0.2, 0.25) is 6.41 Å². The van der Waals surface area contributed by atoms with Gasteiger partial charge in [-0.2, -0.15) is 0 Å². The highest BCUT2D eigenvalue weighted by molar-refractivity contribution is 6.03. The van der Waals surface area contributed by atoms with Crippen LogP contribution < -0.4 is 15.1 Å². The molecule has 8 nitrogen and oxygen atoms in total. The lowest BCUT2D eigenvalue weighted by Crippen LogP contribution is -2.46. The molecule has 1 fully saturated rings. The van der Waals surface area contributed by atoms with Crippen molar-refractivity contribution in [2.45, 2.75) is 20.8 Å². The van der Waals surface area contributed by atoms with Crippen LogP contribution in [0.15, 0.2) is 30.6 Å². The van der Waals surface area contributed by atoms with E-state index in [0.717, 1.165) is 36.4 Å². The summed E-state index contributed by atoms with van der Waals surface area (Å²) in [5.41, 5.74) is 3.23. The Morgan fingerprint density at radius 2 is 1.86 bits per heavy atom. The highest BCUT2D eigenvalue weighted by Gasteiger charge is 2.19. The average Bonchev–Trinajstić information content (AvgIpc) is 2.76. The van der Waals surface area contributed by atoms with Crippen molar-refractivity contribution in [3.63, 3.8) is 0 Å². The molecule has 0 aliphatic carbocycles. The molecule has 1 aromatic carbocycles. The summed E-state index contributed by atoms with van der Waals surface area (Å²) >= 11 is 0. The van der Waals surface area contributed by atoms with Crippen molar-refractivity contribution in [1.29, 1.82) is 0 Å². The van der Waals surface area contributed by atoms with Crippen molar-refractivity contribution >= 4 is 29.5 Å². The van der Waals surface area contributed by atoms with E-state index in [-0.39, 0.29) is 5.91 Å². The van der Waals surface area contributed by atoms with E-state index in [0.29, 0.717) is 37.7 Å². The summed E-state index contributed by atoms with van der Waals surface area (Å²) in [5.74, 6) is 0.433. The molecule has 0 atom stereocenters. The first-order valence-corrected chi connectivity index (χ1v) is 9.99. The fourth-order valence-corrected chi connectivity index (χ4v) is 3.46. The van der Waals surface area contributed by atoms with E-state index in [1.165, 1.54) is 6.33 Å². The molecule has 0 saturated carbocycles. The van der Waals surface area contributed by atoms with Gasteiger partial charge in [-0.3, -0.25) is 9.59 Å². The third kappa shape index (κ3) is 4.82. The Bertz CT molecular complexity index is 860. The van der Waals surface area contributed by atoms with Crippen molar-refractivity contribution in [3.8, 4) is 0 Å². The standard InChI is InChI=1S/C21H28N6O2/c1-4-26(5-2)17-6-7-18(16(3)12-17)24-21(29)19-13-20(23-14-22-19)27-10-8-25(15-28)9-11-27/h6-7,12-15H,4-5,8-11H2,1-3H3,(H,24,29). The fraction of sp³-hybridized carbons (Fsp3) is 0.429. The Morgan fingerprint density at radius 3 is 2.48 bits per heavy atom. The third-order valence-corrected chi connectivity index (χ3v) is 5.26. The maximum atomic E-state index is 12.7. The summed E-state index contributed by atoms with van der Waals surface area (Å²) in [5, 5.41) is 2.95. The van der Waals surface area contributed by atoms with Crippen LogP contribution in [-0.4, -0.2) is 66.5 Å². The molecule has 0 spiro atoms. The lowest BCUT2D eigenvalue weighted by molar-refractivity contribution is -0.118. The number of nitrogens with one attached hydrogen (secondary N) is 1. The van der Waals surface area contributed by atoms with E-state index >= 15 is 0 Å². The van der Waals surface area contributed by atoms with Crippen LogP contribution in [0.1, 0.15) is 29.9 Å². The van der Waals surface area contributed by atoms with Crippen LogP contribution in [0, 0.1) is 6.92 Å². The second-order valence-electron chi connectivity index (χ2n) is 7.02. The first kappa shape index (κ1) is 20.6. The minimum absolute atomic E-state index is 0.265. The molecule has 3 rings (SSSR count). The third-order valence-electron chi connectivity index (χ3n) is 5.26. The predicted octanol–water partition coefficient (Wildman–Crippen LogP) is 2.16. The highest BCUT2D eigenvalue weighted by Crippen LogP contribution is 2.23. The lowest BCUT2D eigenvalue weighted by atomic mass is 10.1. The Balaban J connectivity index is 1.70. The number of anilines is 3. The number of aromatic nitrogens is 2. The first-order valence-electron chi connectivity index (χ1n) is 9.99. The maximum Gasteiger partial charge on any atom is 0.274 e. The zero-order valence-electron chi connectivity index (χ0n) is 17.3. The molecule has 1 N–H and O–H groups in total. The Morgan fingerprint density at radius 1 is 1.14 bits per heavy atom. The predicted molar refractivity (Wildman–Crippen MR) is 115 cm³/mol. The van der Waals surface area contributed by atoms with Crippen molar-refractivity contribution in [2.24, 2.45) is 0 Å². The molecule has 0 unspecified atom stereocenters. The molecule has 8 heteroatoms. The minimum atomic E-state index is -0.265. The summed E-state index contributed by atoms with van der Waals surface area (Å²) in [7, 11) is 0. The Labute approximate surface area is 171 Å². The Hall–Kier alpha value is -3.16. The van der Waals surface area contributed by atoms with Crippen LogP contribution >= 0.6 is 0 Å². The quantitative estimate of drug-likeness (QED) is 0.723. The molecular weight excluding hydrogens is 368 g/mol. The zero-order valence-corrected chi connectivity index (χ0v) is 17.3. The van der Waals surface area contributed by atoms with E-state index < -0.39 is 0 Å². The topological polar surface area (TPSA) is 81.7 Å². The molecular formula is C21H28N6O2. The van der Waals surface area contributed by atoms with Gasteiger partial charge in [0.15, 0.2) is 0 Å². The van der Waals surface area contributed by atoms with Gasteiger partial charge >= 0.3 is 0 Å². The van der Waals surface area contributed by atoms with Crippen LogP contribution in [-0.2, 0) is 4.79 Å². The number of carbonyl (C=O) groups is 2. The number of aryl methyl sites for hydroxylation is 1. The van der Waals surface area contributed by atoms with Crippen LogP contribution in [0.5, 0.6) is 0 Å². The molecule has 0 radical (unpaired) electrons. The van der Waals surface area contributed by atoms with Gasteiger partial charge in [0.25, 0.3) is 5.91 Å². The molecule has 1 aliphatic rings. The normalized spacial score (nSPS) is 13.9. The second-order valence-corrected chi connectivity index (χ2v) is 7.02. The van der Waals surface area contributed by atoms with E-state index in [1.807, 2.05) is 19.1 Å². The number of rotatable bonds is 7. The average molecular weight is 396 g/mol. The number of benzene rings is 1. The number of nitrogens with zero attached hydrogens (tertiary/aromatic N) is 5. The minimum Gasteiger partial charge on any atom is -0.372 e. The first-order chi connectivity index (χ1) is 14.0. The van der Waals surface area contributed by atoms with Gasteiger partial charge in [0.1, 0.15) is 17.8 Å². The maximum absolute atomic E-state index is 12.7. The molecule has 2 amide bonds. The molecule has 1 saturated heterocycles. The highest BCUT2D eigenvalue weighted by atomic mass is 16.2. The molecule has 29 heavy (non-hydrogen) atoms. The van der Waals surface area contributed by atoms with Crippen molar-refractivity contribution in [2.75, 3.05) is 54.4 Å². The monoisotopic (exact) mass is 396 g/mol. The molecule has 1 aromatic heterocycles.